The fraction of sp³-hybridized carbons (Fsp3) is 0.406. The number of aromatic nitrogens is 2. The zero-order valence-electron chi connectivity index (χ0n) is 26.3. The summed E-state index contributed by atoms with van der Waals surface area (Å²) in [6, 6.07) is 14.5. The van der Waals surface area contributed by atoms with Crippen LogP contribution in [0.5, 0.6) is 0 Å². The number of carboxylic acid groups (broad SMARTS) is 1. The van der Waals surface area contributed by atoms with Gasteiger partial charge in [-0.3, -0.25) is 29.8 Å². The third-order valence-corrected chi connectivity index (χ3v) is 8.13. The van der Waals surface area contributed by atoms with Gasteiger partial charge in [0.2, 0.25) is 5.91 Å². The smallest absolute Gasteiger partial charge is 0.407 e. The zero-order valence-corrected chi connectivity index (χ0v) is 27.2. The minimum atomic E-state index is -1.16. The van der Waals surface area contributed by atoms with Crippen molar-refractivity contribution < 1.29 is 29.2 Å². The van der Waals surface area contributed by atoms with E-state index in [1.807, 2.05) is 50.2 Å². The van der Waals surface area contributed by atoms with E-state index in [1.165, 1.54) is 30.0 Å². The number of carbonyl (C=O) groups is 3. The molecule has 2 heterocycles. The van der Waals surface area contributed by atoms with Crippen LogP contribution in [0.4, 0.5) is 16.2 Å². The highest BCUT2D eigenvalue weighted by molar-refractivity contribution is 7.99. The number of aliphatic carboxylic acids is 1. The third kappa shape index (κ3) is 11.4. The van der Waals surface area contributed by atoms with Crippen molar-refractivity contribution in [1.29, 1.82) is 0 Å². The first-order chi connectivity index (χ1) is 21.9. The van der Waals surface area contributed by atoms with E-state index in [1.54, 1.807) is 26.2 Å². The van der Waals surface area contributed by atoms with Gasteiger partial charge in [0, 0.05) is 53.7 Å². The molecule has 46 heavy (non-hydrogen) atoms. The summed E-state index contributed by atoms with van der Waals surface area (Å²) < 4.78 is 5.13. The van der Waals surface area contributed by atoms with Crippen LogP contribution in [-0.4, -0.2) is 67.8 Å². The molecule has 1 unspecified atom stereocenters. The van der Waals surface area contributed by atoms with Crippen molar-refractivity contribution in [3.63, 3.8) is 0 Å². The van der Waals surface area contributed by atoms with E-state index in [0.717, 1.165) is 11.4 Å². The van der Waals surface area contributed by atoms with Crippen LogP contribution in [0.3, 0.4) is 0 Å². The number of ether oxygens (including phenoxy) is 1. The molecule has 0 fully saturated rings. The minimum absolute atomic E-state index is 0.0564. The highest BCUT2D eigenvalue weighted by Crippen LogP contribution is 2.33. The maximum absolute atomic E-state index is 13.6. The Bertz CT molecular complexity index is 1430. The van der Waals surface area contributed by atoms with E-state index in [4.69, 9.17) is 4.74 Å². The Hall–Kier alpha value is -4.56. The SMILES string of the molecule is CC(C)C(NC(=O)OCCSc1ccc([N+](=O)[O-])cc1NC(=O)C(C)(C)CCN(Cc1ccccn1)Cc1ccccn1)C(=O)O. The Kier molecular flexibility index (Phi) is 13.4. The Morgan fingerprint density at radius 2 is 1.67 bits per heavy atom. The number of pyridine rings is 2. The molecule has 0 bridgehead atoms. The molecule has 3 N–H and O–H groups in total. The molecule has 13 nitrogen and oxygen atoms in total. The summed E-state index contributed by atoms with van der Waals surface area (Å²) in [5.41, 5.74) is 1.02. The number of amides is 2. The van der Waals surface area contributed by atoms with Crippen molar-refractivity contribution in [2.24, 2.45) is 11.3 Å². The maximum Gasteiger partial charge on any atom is 0.407 e. The van der Waals surface area contributed by atoms with Crippen molar-refractivity contribution in [2.75, 3.05) is 24.2 Å². The number of nitrogens with one attached hydrogen (secondary N) is 2. The molecule has 0 saturated carbocycles. The van der Waals surface area contributed by atoms with E-state index >= 15 is 0 Å². The number of benzene rings is 1. The average Bonchev–Trinajstić information content (AvgIpc) is 3.02. The van der Waals surface area contributed by atoms with E-state index in [2.05, 4.69) is 25.5 Å². The molecule has 1 atom stereocenters. The van der Waals surface area contributed by atoms with E-state index in [0.29, 0.717) is 31.0 Å². The summed E-state index contributed by atoms with van der Waals surface area (Å²) in [7, 11) is 0. The third-order valence-electron chi connectivity index (χ3n) is 7.09. The van der Waals surface area contributed by atoms with Crippen molar-refractivity contribution in [2.45, 2.75) is 58.1 Å². The topological polar surface area (TPSA) is 177 Å². The molecule has 14 heteroatoms. The van der Waals surface area contributed by atoms with E-state index < -0.39 is 28.4 Å². The van der Waals surface area contributed by atoms with Crippen LogP contribution in [0.25, 0.3) is 0 Å². The number of hydrogen-bond acceptors (Lipinski definition) is 10. The van der Waals surface area contributed by atoms with Crippen molar-refractivity contribution >= 4 is 41.1 Å². The van der Waals surface area contributed by atoms with Gasteiger partial charge in [-0.1, -0.05) is 39.8 Å². The number of thioether (sulfide) groups is 1. The number of carbonyl (C=O) groups excluding carboxylic acids is 2. The Morgan fingerprint density at radius 1 is 1.04 bits per heavy atom. The lowest BCUT2D eigenvalue weighted by Crippen LogP contribution is -2.44. The number of carboxylic acids is 1. The lowest BCUT2D eigenvalue weighted by molar-refractivity contribution is -0.384. The molecular formula is C32H40N6O7S. The van der Waals surface area contributed by atoms with Gasteiger partial charge in [0.1, 0.15) is 12.6 Å². The highest BCUT2D eigenvalue weighted by Gasteiger charge is 2.30. The molecule has 2 aromatic heterocycles. The van der Waals surface area contributed by atoms with Gasteiger partial charge in [-0.25, -0.2) is 9.59 Å². The summed E-state index contributed by atoms with van der Waals surface area (Å²) in [5.74, 6) is -1.55. The molecule has 0 aliphatic rings. The van der Waals surface area contributed by atoms with Crippen LogP contribution in [0.2, 0.25) is 0 Å². The number of anilines is 1. The number of non-ortho nitro benzene ring substituents is 1. The van der Waals surface area contributed by atoms with Gasteiger partial charge < -0.3 is 20.5 Å². The molecular weight excluding hydrogens is 612 g/mol. The number of nitro benzene ring substituents is 1. The Labute approximate surface area is 272 Å². The largest absolute Gasteiger partial charge is 0.480 e. The van der Waals surface area contributed by atoms with Gasteiger partial charge in [0.25, 0.3) is 5.69 Å². The Balaban J connectivity index is 1.65. The molecule has 0 aliphatic heterocycles. The monoisotopic (exact) mass is 652 g/mol. The number of nitro groups is 1. The predicted octanol–water partition coefficient (Wildman–Crippen LogP) is 5.37. The van der Waals surface area contributed by atoms with Crippen molar-refractivity contribution in [3.8, 4) is 0 Å². The van der Waals surface area contributed by atoms with Gasteiger partial charge in [-0.05, 0) is 49.2 Å². The first kappa shape index (κ1) is 35.9. The molecule has 0 saturated heterocycles. The Morgan fingerprint density at radius 3 is 2.20 bits per heavy atom. The standard InChI is InChI=1S/C32H40N6O7S/c1-22(2)28(29(39)40)36-31(42)45-17-18-46-27-12-11-25(38(43)44)19-26(27)35-30(41)32(3,4)13-16-37(20-23-9-5-7-14-33-23)21-24-10-6-8-15-34-24/h5-12,14-15,19,22,28H,13,16-18,20-21H2,1-4H3,(H,35,41)(H,36,42)(H,39,40). The van der Waals surface area contributed by atoms with Crippen molar-refractivity contribution in [1.82, 2.24) is 20.2 Å². The van der Waals surface area contributed by atoms with Crippen LogP contribution in [0.15, 0.2) is 71.9 Å². The van der Waals surface area contributed by atoms with Gasteiger partial charge in [-0.15, -0.1) is 11.8 Å². The van der Waals surface area contributed by atoms with Crippen LogP contribution in [0, 0.1) is 21.4 Å². The summed E-state index contributed by atoms with van der Waals surface area (Å²) in [4.78, 5) is 59.5. The van der Waals surface area contributed by atoms with Crippen LogP contribution >= 0.6 is 11.8 Å². The normalized spacial score (nSPS) is 12.0. The van der Waals surface area contributed by atoms with E-state index in [9.17, 15) is 29.6 Å². The molecule has 0 aliphatic carbocycles. The highest BCUT2D eigenvalue weighted by atomic mass is 32.2. The molecule has 0 spiro atoms. The summed E-state index contributed by atoms with van der Waals surface area (Å²) in [6.45, 7) is 8.61. The van der Waals surface area contributed by atoms with Gasteiger partial charge >= 0.3 is 12.1 Å². The summed E-state index contributed by atoms with van der Waals surface area (Å²) in [5, 5.41) is 26.0. The maximum atomic E-state index is 13.6. The average molecular weight is 653 g/mol. The quantitative estimate of drug-likeness (QED) is 0.0739. The second-order valence-electron chi connectivity index (χ2n) is 11.6. The van der Waals surface area contributed by atoms with Crippen LogP contribution < -0.4 is 10.6 Å². The molecule has 3 aromatic rings. The number of hydrogen-bond donors (Lipinski definition) is 3. The zero-order chi connectivity index (χ0) is 33.7. The lowest BCUT2D eigenvalue weighted by atomic mass is 9.87. The summed E-state index contributed by atoms with van der Waals surface area (Å²) in [6.07, 6.45) is 3.10. The predicted molar refractivity (Wildman–Crippen MR) is 174 cm³/mol. The molecule has 0 radical (unpaired) electrons. The van der Waals surface area contributed by atoms with E-state index in [-0.39, 0.29) is 35.6 Å². The minimum Gasteiger partial charge on any atom is -0.480 e. The number of alkyl carbamates (subject to hydrolysis) is 1. The van der Waals surface area contributed by atoms with Crippen molar-refractivity contribution in [3.05, 3.63) is 88.5 Å². The lowest BCUT2D eigenvalue weighted by Gasteiger charge is -2.28. The second kappa shape index (κ2) is 17.2. The van der Waals surface area contributed by atoms with Gasteiger partial charge in [0.05, 0.1) is 22.0 Å². The molecule has 1 aromatic carbocycles. The van der Waals surface area contributed by atoms with Gasteiger partial charge in [0.15, 0.2) is 0 Å². The first-order valence-electron chi connectivity index (χ1n) is 14.8. The summed E-state index contributed by atoms with van der Waals surface area (Å²) >= 11 is 1.23. The fourth-order valence-corrected chi connectivity index (χ4v) is 5.14. The first-order valence-corrected chi connectivity index (χ1v) is 15.7. The van der Waals surface area contributed by atoms with Crippen LogP contribution in [0.1, 0.15) is 45.5 Å². The second-order valence-corrected chi connectivity index (χ2v) is 12.7. The molecule has 2 amide bonds. The van der Waals surface area contributed by atoms with Gasteiger partial charge in [-0.2, -0.15) is 0 Å². The fourth-order valence-electron chi connectivity index (χ4n) is 4.32. The molecule has 3 rings (SSSR count). The number of rotatable bonds is 17. The number of nitrogens with zero attached hydrogens (tertiary/aromatic N) is 4. The van der Waals surface area contributed by atoms with Crippen LogP contribution in [-0.2, 0) is 27.4 Å². The molecule has 246 valence electrons.